The first kappa shape index (κ1) is 12.6. The lowest BCUT2D eigenvalue weighted by Gasteiger charge is -2.21. The SMILES string of the molecule is CCC1[C@@H](C)[C@@H](CC)O[C@H]1n1cnc2cnccc21. The van der Waals surface area contributed by atoms with E-state index >= 15 is 0 Å². The van der Waals surface area contributed by atoms with E-state index in [1.807, 2.05) is 24.8 Å². The van der Waals surface area contributed by atoms with Crippen LogP contribution in [0.25, 0.3) is 11.0 Å². The van der Waals surface area contributed by atoms with E-state index in [1.54, 1.807) is 0 Å². The molecular weight excluding hydrogens is 238 g/mol. The molecule has 0 radical (unpaired) electrons. The third-order valence-corrected chi connectivity index (χ3v) is 4.47. The van der Waals surface area contributed by atoms with E-state index < -0.39 is 0 Å². The molecule has 4 atom stereocenters. The molecule has 102 valence electrons. The van der Waals surface area contributed by atoms with Gasteiger partial charge in [0.2, 0.25) is 0 Å². The van der Waals surface area contributed by atoms with Crippen molar-refractivity contribution in [3.8, 4) is 0 Å². The summed E-state index contributed by atoms with van der Waals surface area (Å²) in [5.74, 6) is 1.15. The van der Waals surface area contributed by atoms with E-state index in [0.29, 0.717) is 17.9 Å². The maximum Gasteiger partial charge on any atom is 0.138 e. The Bertz CT molecular complexity index is 565. The van der Waals surface area contributed by atoms with Crippen molar-refractivity contribution >= 4 is 11.0 Å². The van der Waals surface area contributed by atoms with Gasteiger partial charge in [-0.15, -0.1) is 0 Å². The zero-order valence-corrected chi connectivity index (χ0v) is 11.8. The molecule has 1 aliphatic rings. The molecule has 19 heavy (non-hydrogen) atoms. The lowest BCUT2D eigenvalue weighted by atomic mass is 9.88. The average Bonchev–Trinajstić information content (AvgIpc) is 2.99. The van der Waals surface area contributed by atoms with Gasteiger partial charge in [-0.3, -0.25) is 4.98 Å². The summed E-state index contributed by atoms with van der Waals surface area (Å²) in [7, 11) is 0. The van der Waals surface area contributed by atoms with Crippen molar-refractivity contribution in [2.24, 2.45) is 11.8 Å². The van der Waals surface area contributed by atoms with Gasteiger partial charge < -0.3 is 9.30 Å². The number of fused-ring (bicyclic) bond motifs is 1. The summed E-state index contributed by atoms with van der Waals surface area (Å²) in [6, 6.07) is 2.02. The van der Waals surface area contributed by atoms with Crippen LogP contribution in [0.3, 0.4) is 0 Å². The fraction of sp³-hybridized carbons (Fsp3) is 0.600. The lowest BCUT2D eigenvalue weighted by molar-refractivity contribution is -0.0139. The molecule has 1 unspecified atom stereocenters. The molecule has 4 heteroatoms. The number of nitrogens with zero attached hydrogens (tertiary/aromatic N) is 3. The monoisotopic (exact) mass is 259 g/mol. The van der Waals surface area contributed by atoms with E-state index in [-0.39, 0.29) is 6.23 Å². The summed E-state index contributed by atoms with van der Waals surface area (Å²) >= 11 is 0. The van der Waals surface area contributed by atoms with Crippen LogP contribution in [-0.2, 0) is 4.74 Å². The Morgan fingerprint density at radius 1 is 1.32 bits per heavy atom. The Labute approximate surface area is 113 Å². The minimum Gasteiger partial charge on any atom is -0.354 e. The summed E-state index contributed by atoms with van der Waals surface area (Å²) in [4.78, 5) is 8.55. The summed E-state index contributed by atoms with van der Waals surface area (Å²) in [6.07, 6.45) is 8.19. The van der Waals surface area contributed by atoms with Crippen molar-refractivity contribution in [1.29, 1.82) is 0 Å². The molecule has 2 aromatic rings. The minimum absolute atomic E-state index is 0.109. The van der Waals surface area contributed by atoms with Crippen LogP contribution in [0.1, 0.15) is 39.8 Å². The second kappa shape index (κ2) is 4.93. The molecule has 3 heterocycles. The number of ether oxygens (including phenoxy) is 1. The van der Waals surface area contributed by atoms with Gasteiger partial charge in [-0.25, -0.2) is 4.98 Å². The first-order valence-corrected chi connectivity index (χ1v) is 7.18. The number of imidazole rings is 1. The summed E-state index contributed by atoms with van der Waals surface area (Å²) < 4.78 is 8.46. The number of hydrogen-bond acceptors (Lipinski definition) is 3. The summed E-state index contributed by atoms with van der Waals surface area (Å²) in [5, 5.41) is 0. The van der Waals surface area contributed by atoms with Crippen LogP contribution in [0.2, 0.25) is 0 Å². The molecule has 0 amide bonds. The molecular formula is C15H21N3O. The third kappa shape index (κ3) is 1.94. The molecule has 3 rings (SSSR count). The highest BCUT2D eigenvalue weighted by atomic mass is 16.5. The first-order chi connectivity index (χ1) is 9.26. The summed E-state index contributed by atoms with van der Waals surface area (Å²) in [5.41, 5.74) is 2.05. The van der Waals surface area contributed by atoms with Gasteiger partial charge in [0, 0.05) is 12.1 Å². The average molecular weight is 259 g/mol. The number of pyridine rings is 1. The molecule has 4 nitrogen and oxygen atoms in total. The van der Waals surface area contributed by atoms with Crippen LogP contribution in [0.5, 0.6) is 0 Å². The first-order valence-electron chi connectivity index (χ1n) is 7.18. The second-order valence-corrected chi connectivity index (χ2v) is 5.42. The second-order valence-electron chi connectivity index (χ2n) is 5.42. The molecule has 1 aliphatic heterocycles. The molecule has 0 aliphatic carbocycles. The van der Waals surface area contributed by atoms with E-state index in [4.69, 9.17) is 4.74 Å². The normalized spacial score (nSPS) is 31.1. The lowest BCUT2D eigenvalue weighted by Crippen LogP contribution is -2.17. The van der Waals surface area contributed by atoms with E-state index in [0.717, 1.165) is 23.9 Å². The van der Waals surface area contributed by atoms with Gasteiger partial charge in [-0.1, -0.05) is 20.8 Å². The molecule has 1 saturated heterocycles. The Kier molecular flexibility index (Phi) is 3.27. The van der Waals surface area contributed by atoms with Gasteiger partial charge in [0.1, 0.15) is 11.7 Å². The Balaban J connectivity index is 2.01. The largest absolute Gasteiger partial charge is 0.354 e. The predicted octanol–water partition coefficient (Wildman–Crippen LogP) is 3.40. The standard InChI is InChI=1S/C15H21N3O/c1-4-11-10(3)14(5-2)19-15(11)18-9-17-12-8-16-7-6-13(12)18/h6-11,14-15H,4-5H2,1-3H3/t10-,11?,14-,15-/m1/s1. The highest BCUT2D eigenvalue weighted by Gasteiger charge is 2.41. The van der Waals surface area contributed by atoms with Crippen molar-refractivity contribution in [3.63, 3.8) is 0 Å². The quantitative estimate of drug-likeness (QED) is 0.848. The van der Waals surface area contributed by atoms with Gasteiger partial charge >= 0.3 is 0 Å². The van der Waals surface area contributed by atoms with Crippen LogP contribution in [0.15, 0.2) is 24.8 Å². The Hall–Kier alpha value is -1.42. The van der Waals surface area contributed by atoms with Crippen LogP contribution in [0, 0.1) is 11.8 Å². The van der Waals surface area contributed by atoms with Gasteiger partial charge in [0.05, 0.1) is 24.1 Å². The zero-order valence-electron chi connectivity index (χ0n) is 11.8. The van der Waals surface area contributed by atoms with Gasteiger partial charge in [0.15, 0.2) is 0 Å². The number of hydrogen-bond donors (Lipinski definition) is 0. The predicted molar refractivity (Wildman–Crippen MR) is 74.7 cm³/mol. The van der Waals surface area contributed by atoms with Crippen molar-refractivity contribution in [2.45, 2.75) is 45.9 Å². The van der Waals surface area contributed by atoms with Gasteiger partial charge in [0.25, 0.3) is 0 Å². The van der Waals surface area contributed by atoms with Gasteiger partial charge in [-0.2, -0.15) is 0 Å². The smallest absolute Gasteiger partial charge is 0.138 e. The van der Waals surface area contributed by atoms with Crippen molar-refractivity contribution in [3.05, 3.63) is 24.8 Å². The molecule has 0 spiro atoms. The van der Waals surface area contributed by atoms with Crippen LogP contribution in [-0.4, -0.2) is 20.6 Å². The van der Waals surface area contributed by atoms with Crippen LogP contribution in [0.4, 0.5) is 0 Å². The highest BCUT2D eigenvalue weighted by molar-refractivity contribution is 5.73. The maximum atomic E-state index is 6.28. The third-order valence-electron chi connectivity index (χ3n) is 4.47. The van der Waals surface area contributed by atoms with E-state index in [9.17, 15) is 0 Å². The van der Waals surface area contributed by atoms with Crippen LogP contribution < -0.4 is 0 Å². The van der Waals surface area contributed by atoms with Crippen LogP contribution >= 0.6 is 0 Å². The fourth-order valence-electron chi connectivity index (χ4n) is 3.34. The Morgan fingerprint density at radius 3 is 2.89 bits per heavy atom. The molecule has 0 aromatic carbocycles. The number of rotatable bonds is 3. The zero-order chi connectivity index (χ0) is 13.4. The molecule has 0 N–H and O–H groups in total. The Morgan fingerprint density at radius 2 is 2.16 bits per heavy atom. The van der Waals surface area contributed by atoms with Crippen molar-refractivity contribution in [1.82, 2.24) is 14.5 Å². The van der Waals surface area contributed by atoms with E-state index in [2.05, 4.69) is 35.3 Å². The summed E-state index contributed by atoms with van der Waals surface area (Å²) in [6.45, 7) is 6.76. The molecule has 0 saturated carbocycles. The molecule has 2 aromatic heterocycles. The van der Waals surface area contributed by atoms with Crippen molar-refractivity contribution in [2.75, 3.05) is 0 Å². The van der Waals surface area contributed by atoms with Gasteiger partial charge in [-0.05, 0) is 24.8 Å². The number of aromatic nitrogens is 3. The van der Waals surface area contributed by atoms with E-state index in [1.165, 1.54) is 0 Å². The minimum atomic E-state index is 0.109. The fourth-order valence-corrected chi connectivity index (χ4v) is 3.34. The highest BCUT2D eigenvalue weighted by Crippen LogP contribution is 2.42. The topological polar surface area (TPSA) is 39.9 Å². The maximum absolute atomic E-state index is 6.28. The molecule has 1 fully saturated rings. The van der Waals surface area contributed by atoms with Crippen molar-refractivity contribution < 1.29 is 4.74 Å². The molecule has 0 bridgehead atoms.